The number of rotatable bonds is 3. The van der Waals surface area contributed by atoms with E-state index in [1.165, 1.54) is 43.7 Å². The van der Waals surface area contributed by atoms with Crippen molar-refractivity contribution in [1.82, 2.24) is 20.2 Å². The number of hydrogen-bond acceptors (Lipinski definition) is 6. The van der Waals surface area contributed by atoms with Crippen LogP contribution in [0.15, 0.2) is 5.38 Å². The molecule has 0 spiro atoms. The highest BCUT2D eigenvalue weighted by Crippen LogP contribution is 2.22. The molecule has 20 heavy (non-hydrogen) atoms. The van der Waals surface area contributed by atoms with E-state index in [1.807, 2.05) is 5.38 Å². The van der Waals surface area contributed by atoms with E-state index in [-0.39, 0.29) is 5.91 Å². The van der Waals surface area contributed by atoms with Crippen molar-refractivity contribution in [2.75, 3.05) is 26.2 Å². The molecule has 1 aromatic rings. The van der Waals surface area contributed by atoms with Crippen LogP contribution in [0.4, 0.5) is 0 Å². The molecule has 2 aliphatic rings. The Morgan fingerprint density at radius 2 is 2.30 bits per heavy atom. The summed E-state index contributed by atoms with van der Waals surface area (Å²) in [5.41, 5.74) is 3.10. The molecule has 2 saturated heterocycles. The fourth-order valence-electron chi connectivity index (χ4n) is 3.20. The molecule has 1 atom stereocenters. The lowest BCUT2D eigenvalue weighted by Crippen LogP contribution is -2.36. The minimum atomic E-state index is -0.306. The first-order chi connectivity index (χ1) is 9.76. The summed E-state index contributed by atoms with van der Waals surface area (Å²) >= 11 is 1.36. The molecule has 0 bridgehead atoms. The fraction of sp³-hybridized carbons (Fsp3) is 0.692. The first kappa shape index (κ1) is 13.9. The summed E-state index contributed by atoms with van der Waals surface area (Å²) in [5, 5.41) is 2.40. The van der Waals surface area contributed by atoms with Crippen molar-refractivity contribution < 1.29 is 4.79 Å². The summed E-state index contributed by atoms with van der Waals surface area (Å²) in [4.78, 5) is 20.9. The van der Waals surface area contributed by atoms with Crippen LogP contribution in [0.1, 0.15) is 34.8 Å². The Labute approximate surface area is 122 Å². The van der Waals surface area contributed by atoms with Gasteiger partial charge in [0.05, 0.1) is 5.69 Å². The number of fused-ring (bicyclic) bond motifs is 1. The van der Waals surface area contributed by atoms with Crippen LogP contribution in [0.5, 0.6) is 0 Å². The van der Waals surface area contributed by atoms with Crippen molar-refractivity contribution in [2.45, 2.75) is 31.8 Å². The predicted molar refractivity (Wildman–Crippen MR) is 78.3 cm³/mol. The highest BCUT2D eigenvalue weighted by molar-refractivity contribution is 7.11. The van der Waals surface area contributed by atoms with Crippen molar-refractivity contribution in [3.05, 3.63) is 16.1 Å². The largest absolute Gasteiger partial charge is 0.299 e. The normalized spacial score (nSPS) is 24.4. The van der Waals surface area contributed by atoms with Crippen LogP contribution in [0.2, 0.25) is 0 Å². The molecule has 6 nitrogen and oxygen atoms in total. The van der Waals surface area contributed by atoms with E-state index in [2.05, 4.69) is 20.2 Å². The van der Waals surface area contributed by atoms with Gasteiger partial charge < -0.3 is 0 Å². The first-order valence-electron chi connectivity index (χ1n) is 7.18. The molecule has 0 aromatic carbocycles. The molecule has 1 unspecified atom stereocenters. The third-order valence-corrected chi connectivity index (χ3v) is 5.04. The van der Waals surface area contributed by atoms with Crippen molar-refractivity contribution >= 4 is 17.2 Å². The van der Waals surface area contributed by atoms with Gasteiger partial charge >= 0.3 is 0 Å². The lowest BCUT2D eigenvalue weighted by molar-refractivity contribution is 0.0953. The molecule has 7 heteroatoms. The molecular weight excluding hydrogens is 274 g/mol. The molecule has 2 aliphatic heterocycles. The molecule has 0 radical (unpaired) electrons. The van der Waals surface area contributed by atoms with Crippen LogP contribution < -0.4 is 11.3 Å². The van der Waals surface area contributed by atoms with Crippen molar-refractivity contribution in [3.8, 4) is 0 Å². The average Bonchev–Trinajstić information content (AvgIpc) is 3.04. The molecule has 0 aliphatic carbocycles. The van der Waals surface area contributed by atoms with Gasteiger partial charge in [-0.25, -0.2) is 10.8 Å². The van der Waals surface area contributed by atoms with Crippen LogP contribution in [0.3, 0.4) is 0 Å². The second kappa shape index (κ2) is 6.17. The van der Waals surface area contributed by atoms with E-state index < -0.39 is 0 Å². The van der Waals surface area contributed by atoms with E-state index in [0.29, 0.717) is 11.0 Å². The zero-order valence-corrected chi connectivity index (χ0v) is 12.4. The Kier molecular flexibility index (Phi) is 4.30. The molecule has 110 valence electrons. The third-order valence-electron chi connectivity index (χ3n) is 4.15. The number of carbonyl (C=O) groups is 1. The van der Waals surface area contributed by atoms with Crippen LogP contribution in [0.25, 0.3) is 0 Å². The Morgan fingerprint density at radius 3 is 3.15 bits per heavy atom. The van der Waals surface area contributed by atoms with Gasteiger partial charge in [-0.3, -0.25) is 20.0 Å². The smallest absolute Gasteiger partial charge is 0.294 e. The zero-order valence-electron chi connectivity index (χ0n) is 11.5. The summed E-state index contributed by atoms with van der Waals surface area (Å²) < 4.78 is 0. The number of nitrogens with one attached hydrogen (secondary N) is 1. The molecule has 1 amide bonds. The quantitative estimate of drug-likeness (QED) is 0.480. The minimum Gasteiger partial charge on any atom is -0.299 e. The molecular formula is C13H21N5OS. The molecule has 2 fully saturated rings. The van der Waals surface area contributed by atoms with Crippen LogP contribution in [0, 0.1) is 0 Å². The SMILES string of the molecule is NNC(=O)c1nc(CN2CCCN3CCCC3C2)cs1. The number of thiazole rings is 1. The van der Waals surface area contributed by atoms with E-state index in [1.54, 1.807) is 0 Å². The second-order valence-corrected chi connectivity index (χ2v) is 6.40. The van der Waals surface area contributed by atoms with Gasteiger partial charge in [0.1, 0.15) is 0 Å². The predicted octanol–water partition coefficient (Wildman–Crippen LogP) is 0.417. The highest BCUT2D eigenvalue weighted by Gasteiger charge is 2.28. The van der Waals surface area contributed by atoms with Gasteiger partial charge in [0, 0.05) is 24.5 Å². The Morgan fingerprint density at radius 1 is 1.45 bits per heavy atom. The average molecular weight is 295 g/mol. The van der Waals surface area contributed by atoms with Gasteiger partial charge in [-0.05, 0) is 38.9 Å². The molecule has 1 aromatic heterocycles. The summed E-state index contributed by atoms with van der Waals surface area (Å²) in [7, 11) is 0. The van der Waals surface area contributed by atoms with E-state index >= 15 is 0 Å². The lowest BCUT2D eigenvalue weighted by Gasteiger charge is -2.24. The summed E-state index contributed by atoms with van der Waals surface area (Å²) in [6.07, 6.45) is 3.86. The van der Waals surface area contributed by atoms with Crippen LogP contribution >= 0.6 is 11.3 Å². The summed E-state index contributed by atoms with van der Waals surface area (Å²) in [5.74, 6) is 4.82. The number of nitrogens with two attached hydrogens (primary N) is 1. The maximum atomic E-state index is 11.4. The maximum absolute atomic E-state index is 11.4. The van der Waals surface area contributed by atoms with Gasteiger partial charge in [0.2, 0.25) is 0 Å². The Bertz CT molecular complexity index is 477. The van der Waals surface area contributed by atoms with Gasteiger partial charge in [0.15, 0.2) is 5.01 Å². The second-order valence-electron chi connectivity index (χ2n) is 5.54. The molecule has 0 saturated carbocycles. The van der Waals surface area contributed by atoms with Crippen LogP contribution in [-0.4, -0.2) is 52.9 Å². The summed E-state index contributed by atoms with van der Waals surface area (Å²) in [6, 6.07) is 0.711. The molecule has 3 heterocycles. The van der Waals surface area contributed by atoms with Gasteiger partial charge in [0.25, 0.3) is 5.91 Å². The lowest BCUT2D eigenvalue weighted by atomic mass is 10.2. The third kappa shape index (κ3) is 3.01. The van der Waals surface area contributed by atoms with Crippen LogP contribution in [-0.2, 0) is 6.54 Å². The van der Waals surface area contributed by atoms with E-state index in [0.717, 1.165) is 25.3 Å². The Balaban J connectivity index is 1.62. The van der Waals surface area contributed by atoms with E-state index in [9.17, 15) is 4.79 Å². The summed E-state index contributed by atoms with van der Waals surface area (Å²) in [6.45, 7) is 5.55. The maximum Gasteiger partial charge on any atom is 0.294 e. The fourth-order valence-corrected chi connectivity index (χ4v) is 3.91. The minimum absolute atomic E-state index is 0.306. The number of hydrazine groups is 1. The van der Waals surface area contributed by atoms with Gasteiger partial charge in [-0.2, -0.15) is 0 Å². The first-order valence-corrected chi connectivity index (χ1v) is 8.06. The van der Waals surface area contributed by atoms with E-state index in [4.69, 9.17) is 5.84 Å². The number of aromatic nitrogens is 1. The topological polar surface area (TPSA) is 74.5 Å². The van der Waals surface area contributed by atoms with Gasteiger partial charge in [-0.1, -0.05) is 0 Å². The Hall–Kier alpha value is -1.02. The van der Waals surface area contributed by atoms with Crippen molar-refractivity contribution in [3.63, 3.8) is 0 Å². The van der Waals surface area contributed by atoms with Crippen molar-refractivity contribution in [2.24, 2.45) is 5.84 Å². The zero-order chi connectivity index (χ0) is 13.9. The standard InChI is InChI=1S/C13H21N5OS/c14-16-12(19)13-15-10(9-20-13)7-17-4-2-6-18-5-1-3-11(18)8-17/h9,11H,1-8,14H2,(H,16,19). The molecule has 3 rings (SSSR count). The van der Waals surface area contributed by atoms with Crippen molar-refractivity contribution in [1.29, 1.82) is 0 Å². The van der Waals surface area contributed by atoms with Gasteiger partial charge in [-0.15, -0.1) is 11.3 Å². The number of nitrogens with zero attached hydrogens (tertiary/aromatic N) is 3. The number of amides is 1. The number of carbonyl (C=O) groups excluding carboxylic acids is 1. The highest BCUT2D eigenvalue weighted by atomic mass is 32.1. The number of nitrogen functional groups attached to an aromatic ring is 1. The molecule has 3 N–H and O–H groups in total. The monoisotopic (exact) mass is 295 g/mol. The number of hydrogen-bond donors (Lipinski definition) is 2.